The Kier molecular flexibility index (Phi) is 4.82. The Hall–Kier alpha value is -2.31. The molecular formula is C19H22F3N3O. The van der Waals surface area contributed by atoms with Crippen molar-refractivity contribution in [3.63, 3.8) is 0 Å². The highest BCUT2D eigenvalue weighted by Crippen LogP contribution is 2.34. The quantitative estimate of drug-likeness (QED) is 0.809. The van der Waals surface area contributed by atoms with Crippen molar-refractivity contribution >= 4 is 5.91 Å². The molecule has 1 heterocycles. The van der Waals surface area contributed by atoms with Crippen LogP contribution in [0, 0.1) is 13.8 Å². The van der Waals surface area contributed by atoms with E-state index in [0.717, 1.165) is 35.9 Å². The van der Waals surface area contributed by atoms with Gasteiger partial charge in [-0.15, -0.1) is 0 Å². The molecule has 1 saturated carbocycles. The third-order valence-corrected chi connectivity index (χ3v) is 4.96. The number of alkyl halides is 3. The van der Waals surface area contributed by atoms with Crippen LogP contribution in [0.5, 0.6) is 0 Å². The zero-order valence-electron chi connectivity index (χ0n) is 15.1. The number of amides is 1. The van der Waals surface area contributed by atoms with Crippen LogP contribution < -0.4 is 0 Å². The Bertz CT molecular complexity index is 822. The minimum absolute atomic E-state index is 0.0234. The van der Waals surface area contributed by atoms with Crippen molar-refractivity contribution in [2.24, 2.45) is 7.05 Å². The Balaban J connectivity index is 1.83. The summed E-state index contributed by atoms with van der Waals surface area (Å²) >= 11 is 0. The summed E-state index contributed by atoms with van der Waals surface area (Å²) in [7, 11) is 1.84. The zero-order chi connectivity index (χ0) is 19.1. The lowest BCUT2D eigenvalue weighted by Crippen LogP contribution is -2.34. The smallest absolute Gasteiger partial charge is 0.335 e. The van der Waals surface area contributed by atoms with Gasteiger partial charge in [-0.05, 0) is 38.3 Å². The normalized spacial score (nSPS) is 14.5. The molecule has 1 amide bonds. The summed E-state index contributed by atoms with van der Waals surface area (Å²) in [6, 6.07) is 5.40. The van der Waals surface area contributed by atoms with E-state index in [1.165, 1.54) is 18.2 Å². The molecule has 7 heteroatoms. The van der Waals surface area contributed by atoms with Crippen LogP contribution >= 0.6 is 0 Å². The van der Waals surface area contributed by atoms with E-state index >= 15 is 0 Å². The number of halogens is 3. The number of nitrogens with zero attached hydrogens (tertiary/aromatic N) is 3. The van der Waals surface area contributed by atoms with Crippen LogP contribution in [0.2, 0.25) is 0 Å². The third kappa shape index (κ3) is 3.76. The first-order chi connectivity index (χ1) is 12.2. The molecule has 3 rings (SSSR count). The van der Waals surface area contributed by atoms with E-state index in [9.17, 15) is 18.0 Å². The summed E-state index contributed by atoms with van der Waals surface area (Å²) in [4.78, 5) is 14.6. The highest BCUT2D eigenvalue weighted by molar-refractivity contribution is 5.80. The molecule has 1 aliphatic carbocycles. The van der Waals surface area contributed by atoms with Gasteiger partial charge in [0.25, 0.3) is 0 Å². The molecule has 1 aromatic heterocycles. The van der Waals surface area contributed by atoms with Crippen molar-refractivity contribution in [2.45, 2.75) is 51.9 Å². The highest BCUT2D eigenvalue weighted by Gasteiger charge is 2.36. The van der Waals surface area contributed by atoms with Gasteiger partial charge in [0.2, 0.25) is 5.91 Å². The fourth-order valence-corrected chi connectivity index (χ4v) is 3.24. The van der Waals surface area contributed by atoms with E-state index in [0.29, 0.717) is 6.54 Å². The summed E-state index contributed by atoms with van der Waals surface area (Å²) in [5.41, 5.74) is 2.07. The molecule has 0 saturated heterocycles. The second-order valence-electron chi connectivity index (χ2n) is 6.86. The van der Waals surface area contributed by atoms with Crippen LogP contribution in [0.15, 0.2) is 24.3 Å². The lowest BCUT2D eigenvalue weighted by atomic mass is 10.0. The predicted octanol–water partition coefficient (Wildman–Crippen LogP) is 3.79. The number of hydrogen-bond acceptors (Lipinski definition) is 2. The topological polar surface area (TPSA) is 38.1 Å². The molecule has 0 bridgehead atoms. The second-order valence-corrected chi connectivity index (χ2v) is 6.86. The molecule has 1 fully saturated rings. The summed E-state index contributed by atoms with van der Waals surface area (Å²) in [5.74, 6) is -0.271. The highest BCUT2D eigenvalue weighted by atomic mass is 19.4. The number of hydrogen-bond donors (Lipinski definition) is 0. The molecule has 0 aliphatic heterocycles. The molecule has 26 heavy (non-hydrogen) atoms. The monoisotopic (exact) mass is 365 g/mol. The molecular weight excluding hydrogens is 343 g/mol. The van der Waals surface area contributed by atoms with E-state index in [-0.39, 0.29) is 23.9 Å². The van der Waals surface area contributed by atoms with E-state index in [1.54, 1.807) is 9.58 Å². The van der Waals surface area contributed by atoms with Gasteiger partial charge in [0.05, 0.1) is 17.7 Å². The SMILES string of the molecule is Cc1nn(C)c(C)c1CN(C(=O)Cc1ccccc1C(F)(F)F)C1CC1. The minimum Gasteiger partial charge on any atom is -0.335 e. The van der Waals surface area contributed by atoms with Gasteiger partial charge < -0.3 is 4.90 Å². The summed E-state index contributed by atoms with van der Waals surface area (Å²) in [6.07, 6.45) is -2.92. The van der Waals surface area contributed by atoms with Crippen molar-refractivity contribution in [2.75, 3.05) is 0 Å². The summed E-state index contributed by atoms with van der Waals surface area (Å²) < 4.78 is 41.3. The molecule has 0 atom stereocenters. The minimum atomic E-state index is -4.46. The van der Waals surface area contributed by atoms with Gasteiger partial charge in [0, 0.05) is 30.9 Å². The molecule has 140 valence electrons. The maximum absolute atomic E-state index is 13.2. The second kappa shape index (κ2) is 6.78. The Morgan fingerprint density at radius 1 is 1.27 bits per heavy atom. The Morgan fingerprint density at radius 3 is 2.46 bits per heavy atom. The molecule has 4 nitrogen and oxygen atoms in total. The van der Waals surface area contributed by atoms with E-state index < -0.39 is 11.7 Å². The largest absolute Gasteiger partial charge is 0.416 e. The van der Waals surface area contributed by atoms with Gasteiger partial charge >= 0.3 is 6.18 Å². The first kappa shape index (κ1) is 18.5. The van der Waals surface area contributed by atoms with Crippen LogP contribution in [0.4, 0.5) is 13.2 Å². The first-order valence-corrected chi connectivity index (χ1v) is 8.62. The molecule has 0 spiro atoms. The number of carbonyl (C=O) groups is 1. The van der Waals surface area contributed by atoms with Gasteiger partial charge in [0.15, 0.2) is 0 Å². The van der Waals surface area contributed by atoms with Crippen molar-refractivity contribution in [1.29, 1.82) is 0 Å². The molecule has 0 N–H and O–H groups in total. The molecule has 1 aromatic carbocycles. The van der Waals surface area contributed by atoms with Crippen LogP contribution in [0.3, 0.4) is 0 Å². The number of aromatic nitrogens is 2. The Morgan fingerprint density at radius 2 is 1.92 bits per heavy atom. The first-order valence-electron chi connectivity index (χ1n) is 8.62. The van der Waals surface area contributed by atoms with E-state index in [4.69, 9.17) is 0 Å². The molecule has 0 unspecified atom stereocenters. The maximum atomic E-state index is 13.2. The Labute approximate surface area is 150 Å². The van der Waals surface area contributed by atoms with Gasteiger partial charge in [-0.2, -0.15) is 18.3 Å². The predicted molar refractivity (Wildman–Crippen MR) is 91.4 cm³/mol. The lowest BCUT2D eigenvalue weighted by Gasteiger charge is -2.24. The van der Waals surface area contributed by atoms with Crippen molar-refractivity contribution in [3.05, 3.63) is 52.3 Å². The number of carbonyl (C=O) groups excluding carboxylic acids is 1. The van der Waals surface area contributed by atoms with E-state index in [2.05, 4.69) is 5.10 Å². The fourth-order valence-electron chi connectivity index (χ4n) is 3.24. The van der Waals surface area contributed by atoms with Gasteiger partial charge in [-0.1, -0.05) is 18.2 Å². The van der Waals surface area contributed by atoms with Crippen molar-refractivity contribution in [3.8, 4) is 0 Å². The lowest BCUT2D eigenvalue weighted by molar-refractivity contribution is -0.138. The fraction of sp³-hybridized carbons (Fsp3) is 0.474. The number of benzene rings is 1. The maximum Gasteiger partial charge on any atom is 0.416 e. The summed E-state index contributed by atoms with van der Waals surface area (Å²) in [6.45, 7) is 4.21. The van der Waals surface area contributed by atoms with Gasteiger partial charge in [-0.25, -0.2) is 0 Å². The molecule has 1 aliphatic rings. The summed E-state index contributed by atoms with van der Waals surface area (Å²) in [5, 5.41) is 4.36. The molecule has 0 radical (unpaired) electrons. The van der Waals surface area contributed by atoms with E-state index in [1.807, 2.05) is 20.9 Å². The van der Waals surface area contributed by atoms with Crippen LogP contribution in [0.25, 0.3) is 0 Å². The van der Waals surface area contributed by atoms with Crippen LogP contribution in [-0.4, -0.2) is 26.6 Å². The average Bonchev–Trinajstić information content (AvgIpc) is 3.35. The standard InChI is InChI=1S/C19H22F3N3O/c1-12-16(13(2)24(3)23-12)11-25(15-8-9-15)18(26)10-14-6-4-5-7-17(14)19(20,21)22/h4-7,15H,8-11H2,1-3H3. The molecule has 2 aromatic rings. The van der Waals surface area contributed by atoms with Crippen LogP contribution in [0.1, 0.15) is 40.9 Å². The zero-order valence-corrected chi connectivity index (χ0v) is 15.1. The van der Waals surface area contributed by atoms with Gasteiger partial charge in [-0.3, -0.25) is 9.48 Å². The van der Waals surface area contributed by atoms with Crippen molar-refractivity contribution in [1.82, 2.24) is 14.7 Å². The third-order valence-electron chi connectivity index (χ3n) is 4.96. The number of aryl methyl sites for hydroxylation is 2. The number of rotatable bonds is 5. The van der Waals surface area contributed by atoms with Crippen molar-refractivity contribution < 1.29 is 18.0 Å². The van der Waals surface area contributed by atoms with Gasteiger partial charge in [0.1, 0.15) is 0 Å². The van der Waals surface area contributed by atoms with Crippen LogP contribution in [-0.2, 0) is 31.0 Å². The average molecular weight is 365 g/mol.